The van der Waals surface area contributed by atoms with Gasteiger partial charge in [-0.3, -0.25) is 9.59 Å². The average molecular weight is 611 g/mol. The molecule has 10 heteroatoms. The lowest BCUT2D eigenvalue weighted by atomic mass is 10.2. The summed E-state index contributed by atoms with van der Waals surface area (Å²) < 4.78 is 26.2. The molecule has 0 aliphatic heterocycles. The third kappa shape index (κ3) is 17.4. The monoisotopic (exact) mass is 610 g/mol. The minimum atomic E-state index is -0.751. The molecule has 0 bridgehead atoms. The second-order valence-corrected chi connectivity index (χ2v) is 9.71. The van der Waals surface area contributed by atoms with Crippen molar-refractivity contribution in [3.8, 4) is 23.0 Å². The van der Waals surface area contributed by atoms with Gasteiger partial charge < -0.3 is 33.9 Å². The van der Waals surface area contributed by atoms with E-state index in [2.05, 4.69) is 4.74 Å². The molecule has 2 N–H and O–H groups in total. The number of carboxylic acids is 1. The first kappa shape index (κ1) is 35.6. The van der Waals surface area contributed by atoms with Crippen LogP contribution >= 0.6 is 0 Å². The molecule has 0 aliphatic rings. The Kier molecular flexibility index (Phi) is 17.8. The molecule has 3 rings (SSSR count). The van der Waals surface area contributed by atoms with E-state index in [9.17, 15) is 14.4 Å². The van der Waals surface area contributed by atoms with E-state index in [0.29, 0.717) is 44.2 Å². The summed E-state index contributed by atoms with van der Waals surface area (Å²) in [5.41, 5.74) is 1.00. The summed E-state index contributed by atoms with van der Waals surface area (Å²) in [6.45, 7) is 1.39. The highest BCUT2D eigenvalue weighted by atomic mass is 16.6. The van der Waals surface area contributed by atoms with Crippen molar-refractivity contribution in [1.29, 1.82) is 0 Å². The molecule has 0 saturated carbocycles. The lowest BCUT2D eigenvalue weighted by molar-refractivity contribution is -0.141. The molecule has 3 aromatic carbocycles. The number of hydrogen-bond donors (Lipinski definition) is 2. The van der Waals surface area contributed by atoms with Crippen molar-refractivity contribution >= 4 is 17.9 Å². The van der Waals surface area contributed by atoms with Crippen molar-refractivity contribution < 1.29 is 48.3 Å². The van der Waals surface area contributed by atoms with E-state index in [1.165, 1.54) is 7.11 Å². The van der Waals surface area contributed by atoms with E-state index in [-0.39, 0.29) is 24.7 Å². The van der Waals surface area contributed by atoms with Crippen LogP contribution in [0.25, 0.3) is 0 Å². The predicted octanol–water partition coefficient (Wildman–Crippen LogP) is 6.34. The van der Waals surface area contributed by atoms with Gasteiger partial charge in [-0.1, -0.05) is 30.3 Å². The van der Waals surface area contributed by atoms with E-state index in [0.717, 1.165) is 43.4 Å². The van der Waals surface area contributed by atoms with Gasteiger partial charge in [-0.05, 0) is 92.6 Å². The van der Waals surface area contributed by atoms with Gasteiger partial charge >= 0.3 is 17.9 Å². The average Bonchev–Trinajstić information content (AvgIpc) is 3.03. The van der Waals surface area contributed by atoms with Gasteiger partial charge in [0.25, 0.3) is 0 Å². The maximum atomic E-state index is 11.8. The Morgan fingerprint density at radius 2 is 1.18 bits per heavy atom. The SMILES string of the molecule is COC(=O)CCCCCOc1ccc(OC(=O)COCc2ccccc2)cc1.O=C(O)CCCCCOc1ccc(O)cc1. The Hall–Kier alpha value is -4.57. The van der Waals surface area contributed by atoms with Crippen molar-refractivity contribution in [2.24, 2.45) is 0 Å². The van der Waals surface area contributed by atoms with Crippen LogP contribution in [0.4, 0.5) is 0 Å². The molecule has 0 fully saturated rings. The number of unbranched alkanes of at least 4 members (excludes halogenated alkanes) is 4. The van der Waals surface area contributed by atoms with Crippen molar-refractivity contribution in [2.75, 3.05) is 26.9 Å². The number of phenolic OH excluding ortho intramolecular Hbond substituents is 1. The maximum Gasteiger partial charge on any atom is 0.337 e. The molecule has 10 nitrogen and oxygen atoms in total. The Balaban J connectivity index is 0.000000358. The molecular weight excluding hydrogens is 568 g/mol. The van der Waals surface area contributed by atoms with Gasteiger partial charge in [0.1, 0.15) is 29.6 Å². The summed E-state index contributed by atoms with van der Waals surface area (Å²) in [4.78, 5) is 33.0. The lowest BCUT2D eigenvalue weighted by Gasteiger charge is -2.08. The summed E-state index contributed by atoms with van der Waals surface area (Å²) in [5, 5.41) is 17.5. The van der Waals surface area contributed by atoms with Gasteiger partial charge in [0.2, 0.25) is 0 Å². The number of phenols is 1. The van der Waals surface area contributed by atoms with Crippen molar-refractivity contribution in [2.45, 2.75) is 58.0 Å². The summed E-state index contributed by atoms with van der Waals surface area (Å²) in [6, 6.07) is 23.0. The zero-order valence-electron chi connectivity index (χ0n) is 25.2. The van der Waals surface area contributed by atoms with E-state index < -0.39 is 11.9 Å². The molecule has 0 unspecified atom stereocenters. The van der Waals surface area contributed by atoms with Crippen LogP contribution in [0.1, 0.15) is 56.9 Å². The van der Waals surface area contributed by atoms with Gasteiger partial charge in [0, 0.05) is 12.8 Å². The van der Waals surface area contributed by atoms with Gasteiger partial charge in [0.05, 0.1) is 26.9 Å². The topological polar surface area (TPSA) is 138 Å². The molecule has 0 aromatic heterocycles. The number of benzene rings is 3. The lowest BCUT2D eigenvalue weighted by Crippen LogP contribution is -2.15. The molecule has 0 atom stereocenters. The summed E-state index contributed by atoms with van der Waals surface area (Å²) in [5.74, 6) is 0.697. The van der Waals surface area contributed by atoms with Gasteiger partial charge in [-0.2, -0.15) is 0 Å². The second kappa shape index (κ2) is 22.0. The summed E-state index contributed by atoms with van der Waals surface area (Å²) in [6.07, 6.45) is 5.58. The molecule has 0 saturated heterocycles. The normalized spacial score (nSPS) is 10.2. The van der Waals surface area contributed by atoms with Crippen LogP contribution in [0.5, 0.6) is 23.0 Å². The van der Waals surface area contributed by atoms with E-state index in [1.54, 1.807) is 48.5 Å². The number of methoxy groups -OCH3 is 1. The Labute approximate surface area is 258 Å². The van der Waals surface area contributed by atoms with Crippen LogP contribution < -0.4 is 14.2 Å². The zero-order valence-corrected chi connectivity index (χ0v) is 25.2. The molecule has 238 valence electrons. The van der Waals surface area contributed by atoms with Crippen molar-refractivity contribution in [1.82, 2.24) is 0 Å². The first-order valence-corrected chi connectivity index (χ1v) is 14.6. The zero-order chi connectivity index (χ0) is 31.8. The van der Waals surface area contributed by atoms with Crippen molar-refractivity contribution in [3.63, 3.8) is 0 Å². The Morgan fingerprint density at radius 3 is 1.75 bits per heavy atom. The second-order valence-electron chi connectivity index (χ2n) is 9.71. The number of carbonyl (C=O) groups excluding carboxylic acids is 2. The van der Waals surface area contributed by atoms with Crippen LogP contribution in [0, 0.1) is 0 Å². The van der Waals surface area contributed by atoms with Gasteiger partial charge in [-0.15, -0.1) is 0 Å². The van der Waals surface area contributed by atoms with E-state index >= 15 is 0 Å². The highest BCUT2D eigenvalue weighted by Crippen LogP contribution is 2.19. The first-order chi connectivity index (χ1) is 21.4. The molecular formula is C34H42O10. The highest BCUT2D eigenvalue weighted by molar-refractivity contribution is 5.73. The molecule has 0 amide bonds. The molecule has 3 aromatic rings. The van der Waals surface area contributed by atoms with Crippen LogP contribution in [-0.2, 0) is 30.5 Å². The molecule has 0 aliphatic carbocycles. The smallest absolute Gasteiger partial charge is 0.337 e. The fourth-order valence-electron chi connectivity index (χ4n) is 3.72. The fraction of sp³-hybridized carbons (Fsp3) is 0.382. The number of aromatic hydroxyl groups is 1. The number of carboxylic acid groups (broad SMARTS) is 1. The minimum Gasteiger partial charge on any atom is -0.508 e. The van der Waals surface area contributed by atoms with Crippen LogP contribution in [0.15, 0.2) is 78.9 Å². The number of rotatable bonds is 19. The van der Waals surface area contributed by atoms with Crippen LogP contribution in [-0.4, -0.2) is 55.1 Å². The number of carbonyl (C=O) groups is 3. The Bertz CT molecular complexity index is 1210. The van der Waals surface area contributed by atoms with Gasteiger partial charge in [-0.25, -0.2) is 4.79 Å². The van der Waals surface area contributed by atoms with E-state index in [1.807, 2.05) is 30.3 Å². The standard InChI is InChI=1S/C22H26O6.C12H16O4/c1-25-21(23)10-6-3-7-15-27-19-11-13-20(14-12-19)28-22(24)17-26-16-18-8-4-2-5-9-18;13-10-5-7-11(8-6-10)16-9-3-1-2-4-12(14)15/h2,4-5,8-9,11-14H,3,6-7,10,15-17H2,1H3;5-8,13H,1-4,9H2,(H,14,15). The minimum absolute atomic E-state index is 0.112. The summed E-state index contributed by atoms with van der Waals surface area (Å²) in [7, 11) is 1.39. The van der Waals surface area contributed by atoms with E-state index in [4.69, 9.17) is 29.2 Å². The number of hydrogen-bond acceptors (Lipinski definition) is 9. The Morgan fingerprint density at radius 1 is 0.636 bits per heavy atom. The highest BCUT2D eigenvalue weighted by Gasteiger charge is 2.06. The molecule has 0 radical (unpaired) electrons. The number of esters is 2. The molecule has 0 spiro atoms. The van der Waals surface area contributed by atoms with Gasteiger partial charge in [0.15, 0.2) is 0 Å². The number of ether oxygens (including phenoxy) is 5. The first-order valence-electron chi connectivity index (χ1n) is 14.6. The van der Waals surface area contributed by atoms with Crippen LogP contribution in [0.2, 0.25) is 0 Å². The largest absolute Gasteiger partial charge is 0.508 e. The summed E-state index contributed by atoms with van der Waals surface area (Å²) >= 11 is 0. The molecule has 0 heterocycles. The quantitative estimate of drug-likeness (QED) is 0.0899. The van der Waals surface area contributed by atoms with Crippen LogP contribution in [0.3, 0.4) is 0 Å². The predicted molar refractivity (Wildman–Crippen MR) is 164 cm³/mol. The maximum absolute atomic E-state index is 11.8. The van der Waals surface area contributed by atoms with Crippen molar-refractivity contribution in [3.05, 3.63) is 84.4 Å². The third-order valence-corrected chi connectivity index (χ3v) is 6.05. The molecule has 44 heavy (non-hydrogen) atoms. The fourth-order valence-corrected chi connectivity index (χ4v) is 3.72. The number of aliphatic carboxylic acids is 1. The third-order valence-electron chi connectivity index (χ3n) is 6.05.